The second-order valence-electron chi connectivity index (χ2n) is 7.18. The van der Waals surface area contributed by atoms with Crippen LogP contribution in [0.25, 0.3) is 0 Å². The highest BCUT2D eigenvalue weighted by Gasteiger charge is 2.50. The smallest absolute Gasteiger partial charge is 0.311 e. The van der Waals surface area contributed by atoms with E-state index >= 15 is 0 Å². The average molecular weight is 364 g/mol. The minimum absolute atomic E-state index is 0.120. The molecule has 4 nitrogen and oxygen atoms in total. The zero-order chi connectivity index (χ0) is 18.0. The molecule has 1 saturated carbocycles. The van der Waals surface area contributed by atoms with Crippen molar-refractivity contribution in [1.29, 1.82) is 0 Å². The van der Waals surface area contributed by atoms with Crippen molar-refractivity contribution < 1.29 is 14.3 Å². The van der Waals surface area contributed by atoms with Crippen LogP contribution in [0.4, 0.5) is 0 Å². The summed E-state index contributed by atoms with van der Waals surface area (Å²) in [6.07, 6.45) is 4.41. The molecule has 0 aromatic heterocycles. The average Bonchev–Trinajstić information content (AvgIpc) is 2.56. The molecule has 2 aliphatic rings. The van der Waals surface area contributed by atoms with Gasteiger partial charge in [-0.15, -0.1) is 0 Å². The highest BCUT2D eigenvalue weighted by Crippen LogP contribution is 2.46. The molecule has 0 N–H and O–H groups in total. The quantitative estimate of drug-likeness (QED) is 0.761. The molecular formula is C20H26ClNO3. The molecule has 1 aromatic rings. The van der Waals surface area contributed by atoms with Crippen molar-refractivity contribution in [3.8, 4) is 0 Å². The number of halogens is 1. The van der Waals surface area contributed by atoms with Crippen molar-refractivity contribution in [2.24, 2.45) is 5.92 Å². The molecule has 1 amide bonds. The van der Waals surface area contributed by atoms with Crippen LogP contribution in [0.2, 0.25) is 5.02 Å². The summed E-state index contributed by atoms with van der Waals surface area (Å²) in [6, 6.07) is 7.52. The molecule has 0 spiro atoms. The fourth-order valence-corrected chi connectivity index (χ4v) is 4.32. The number of carbonyl (C=O) groups excluding carboxylic acids is 2. The summed E-state index contributed by atoms with van der Waals surface area (Å²) >= 11 is 6.01. The molecule has 1 aliphatic carbocycles. The maximum Gasteiger partial charge on any atom is 0.311 e. The van der Waals surface area contributed by atoms with E-state index in [0.29, 0.717) is 18.2 Å². The minimum Gasteiger partial charge on any atom is -0.466 e. The first-order chi connectivity index (χ1) is 12.0. The summed E-state index contributed by atoms with van der Waals surface area (Å²) in [7, 11) is 0. The van der Waals surface area contributed by atoms with Crippen LogP contribution in [0.5, 0.6) is 0 Å². The number of ether oxygens (including phenoxy) is 1. The Bertz CT molecular complexity index is 639. The Hall–Kier alpha value is -1.55. The van der Waals surface area contributed by atoms with Crippen molar-refractivity contribution in [2.45, 2.75) is 57.4 Å². The molecule has 0 radical (unpaired) electrons. The van der Waals surface area contributed by atoms with E-state index < -0.39 is 5.41 Å². The number of hydrogen-bond donors (Lipinski definition) is 0. The highest BCUT2D eigenvalue weighted by atomic mass is 35.5. The van der Waals surface area contributed by atoms with Crippen molar-refractivity contribution in [1.82, 2.24) is 4.90 Å². The van der Waals surface area contributed by atoms with Gasteiger partial charge in [0.15, 0.2) is 0 Å². The Morgan fingerprint density at radius 3 is 2.48 bits per heavy atom. The summed E-state index contributed by atoms with van der Waals surface area (Å²) in [5.41, 5.74) is 0.591. The third kappa shape index (κ3) is 3.29. The van der Waals surface area contributed by atoms with Crippen LogP contribution >= 0.6 is 11.6 Å². The SMILES string of the molecule is CCOC(=O)[C@@H]1CCCN(C(=O)C2(c3ccc(Cl)cc3)CCC2)[C@H]1C. The first-order valence-electron chi connectivity index (χ1n) is 9.23. The van der Waals surface area contributed by atoms with E-state index in [2.05, 4.69) is 0 Å². The largest absolute Gasteiger partial charge is 0.466 e. The van der Waals surface area contributed by atoms with Gasteiger partial charge in [0.1, 0.15) is 0 Å². The fourth-order valence-electron chi connectivity index (χ4n) is 4.19. The molecule has 2 atom stereocenters. The van der Waals surface area contributed by atoms with Gasteiger partial charge in [0.2, 0.25) is 5.91 Å². The van der Waals surface area contributed by atoms with E-state index in [9.17, 15) is 9.59 Å². The van der Waals surface area contributed by atoms with Gasteiger partial charge in [0.25, 0.3) is 0 Å². The fraction of sp³-hybridized carbons (Fsp3) is 0.600. The van der Waals surface area contributed by atoms with E-state index in [4.69, 9.17) is 16.3 Å². The lowest BCUT2D eigenvalue weighted by Gasteiger charge is -2.48. The van der Waals surface area contributed by atoms with Gasteiger partial charge >= 0.3 is 5.97 Å². The Kier molecular flexibility index (Phi) is 5.38. The Morgan fingerprint density at radius 1 is 1.24 bits per heavy atom. The maximum absolute atomic E-state index is 13.5. The number of benzene rings is 1. The van der Waals surface area contributed by atoms with Crippen LogP contribution < -0.4 is 0 Å². The van der Waals surface area contributed by atoms with Crippen LogP contribution in [0.3, 0.4) is 0 Å². The summed E-state index contributed by atoms with van der Waals surface area (Å²) in [5, 5.41) is 0.680. The van der Waals surface area contributed by atoms with Crippen LogP contribution in [-0.2, 0) is 19.7 Å². The van der Waals surface area contributed by atoms with Crippen molar-refractivity contribution in [3.05, 3.63) is 34.9 Å². The molecule has 25 heavy (non-hydrogen) atoms. The number of hydrogen-bond acceptors (Lipinski definition) is 3. The molecule has 136 valence electrons. The number of likely N-dealkylation sites (tertiary alicyclic amines) is 1. The molecule has 5 heteroatoms. The molecule has 1 saturated heterocycles. The predicted molar refractivity (Wildman–Crippen MR) is 97.5 cm³/mol. The molecular weight excluding hydrogens is 338 g/mol. The maximum atomic E-state index is 13.5. The number of esters is 1. The Labute approximate surface area is 154 Å². The zero-order valence-electron chi connectivity index (χ0n) is 15.0. The lowest BCUT2D eigenvalue weighted by molar-refractivity contribution is -0.157. The van der Waals surface area contributed by atoms with Gasteiger partial charge in [0.05, 0.1) is 17.9 Å². The Balaban J connectivity index is 1.83. The van der Waals surface area contributed by atoms with Gasteiger partial charge in [0, 0.05) is 17.6 Å². The second kappa shape index (κ2) is 7.36. The van der Waals surface area contributed by atoms with Gasteiger partial charge in [-0.25, -0.2) is 0 Å². The molecule has 1 heterocycles. The normalized spacial score (nSPS) is 25.2. The van der Waals surface area contributed by atoms with E-state index in [0.717, 1.165) is 37.7 Å². The van der Waals surface area contributed by atoms with E-state index in [1.165, 1.54) is 0 Å². The highest BCUT2D eigenvalue weighted by molar-refractivity contribution is 6.30. The Morgan fingerprint density at radius 2 is 1.92 bits per heavy atom. The van der Waals surface area contributed by atoms with Crippen LogP contribution in [0.15, 0.2) is 24.3 Å². The number of amides is 1. The monoisotopic (exact) mass is 363 g/mol. The van der Waals surface area contributed by atoms with Crippen molar-refractivity contribution in [2.75, 3.05) is 13.2 Å². The number of carbonyl (C=O) groups is 2. The van der Waals surface area contributed by atoms with Gasteiger partial charge in [-0.1, -0.05) is 30.2 Å². The number of nitrogens with zero attached hydrogens (tertiary/aromatic N) is 1. The molecule has 1 aromatic carbocycles. The van der Waals surface area contributed by atoms with Gasteiger partial charge < -0.3 is 9.64 Å². The van der Waals surface area contributed by atoms with Crippen molar-refractivity contribution in [3.63, 3.8) is 0 Å². The first kappa shape index (κ1) is 18.2. The summed E-state index contributed by atoms with van der Waals surface area (Å²) in [5.74, 6) is -0.246. The standard InChI is InChI=1S/C20H26ClNO3/c1-3-25-18(23)17-6-4-13-22(14(17)2)19(24)20(11-5-12-20)15-7-9-16(21)10-8-15/h7-10,14,17H,3-6,11-13H2,1-2H3/t14-,17+/m0/s1. The van der Waals surface area contributed by atoms with Crippen LogP contribution in [0, 0.1) is 5.92 Å². The summed E-state index contributed by atoms with van der Waals surface area (Å²) in [6.45, 7) is 4.89. The van der Waals surface area contributed by atoms with Crippen LogP contribution in [0.1, 0.15) is 51.5 Å². The molecule has 0 bridgehead atoms. The van der Waals surface area contributed by atoms with Gasteiger partial charge in [-0.05, 0) is 57.2 Å². The molecule has 3 rings (SSSR count). The number of piperidine rings is 1. The van der Waals surface area contributed by atoms with E-state index in [1.807, 2.05) is 43.0 Å². The van der Waals surface area contributed by atoms with E-state index in [1.54, 1.807) is 0 Å². The third-order valence-corrected chi connectivity index (χ3v) is 6.10. The van der Waals surface area contributed by atoms with Crippen LogP contribution in [-0.4, -0.2) is 36.0 Å². The lowest BCUT2D eigenvalue weighted by Crippen LogP contribution is -2.57. The predicted octanol–water partition coefficient (Wildman–Crippen LogP) is 3.95. The third-order valence-electron chi connectivity index (χ3n) is 5.85. The first-order valence-corrected chi connectivity index (χ1v) is 9.61. The second-order valence-corrected chi connectivity index (χ2v) is 7.62. The number of rotatable bonds is 4. The zero-order valence-corrected chi connectivity index (χ0v) is 15.7. The topological polar surface area (TPSA) is 46.6 Å². The van der Waals surface area contributed by atoms with Gasteiger partial charge in [-0.2, -0.15) is 0 Å². The van der Waals surface area contributed by atoms with Crippen molar-refractivity contribution >= 4 is 23.5 Å². The molecule has 1 aliphatic heterocycles. The lowest BCUT2D eigenvalue weighted by atomic mass is 9.63. The molecule has 0 unspecified atom stereocenters. The van der Waals surface area contributed by atoms with E-state index in [-0.39, 0.29) is 23.8 Å². The summed E-state index contributed by atoms with van der Waals surface area (Å²) in [4.78, 5) is 27.6. The molecule has 2 fully saturated rings. The van der Waals surface area contributed by atoms with Gasteiger partial charge in [-0.3, -0.25) is 9.59 Å². The summed E-state index contributed by atoms with van der Waals surface area (Å²) < 4.78 is 5.21. The minimum atomic E-state index is -0.449.